The second-order valence-corrected chi connectivity index (χ2v) is 11.0. The van der Waals surface area contributed by atoms with Gasteiger partial charge in [0.2, 0.25) is 23.6 Å². The molecule has 0 aromatic heterocycles. The fourth-order valence-electron chi connectivity index (χ4n) is 4.83. The van der Waals surface area contributed by atoms with Gasteiger partial charge in [0.05, 0.1) is 0 Å². The number of nitrogens with one attached hydrogen (secondary N) is 5. The maximum absolute atomic E-state index is 13.8. The number of amides is 4. The van der Waals surface area contributed by atoms with Gasteiger partial charge < -0.3 is 38.1 Å². The summed E-state index contributed by atoms with van der Waals surface area (Å²) >= 11 is 0. The first-order valence-corrected chi connectivity index (χ1v) is 14.5. The molecule has 0 saturated heterocycles. The zero-order valence-corrected chi connectivity index (χ0v) is 25.4. The molecule has 238 valence electrons. The number of rotatable bonds is 15. The van der Waals surface area contributed by atoms with Gasteiger partial charge in [-0.25, -0.2) is 0 Å². The SMILES string of the molecule is CN(C)C(=O)C(Cc1ccc(C(=N)N)cc1)C(=O)N[C@@H](Cc1ccc2ccccc2c1)C(=O)N[C@@H](CCCNC(=N)N)C(N)=O. The third kappa shape index (κ3) is 10.1. The molecular weight excluding hydrogens is 574 g/mol. The van der Waals surface area contributed by atoms with Crippen molar-refractivity contribution in [2.75, 3.05) is 20.6 Å². The Morgan fingerprint density at radius 2 is 1.40 bits per heavy atom. The summed E-state index contributed by atoms with van der Waals surface area (Å²) in [6, 6.07) is 17.9. The van der Waals surface area contributed by atoms with Gasteiger partial charge in [-0.2, -0.15) is 0 Å². The molecule has 0 heterocycles. The number of hydrogen-bond donors (Lipinski definition) is 8. The van der Waals surface area contributed by atoms with E-state index in [-0.39, 0.29) is 31.1 Å². The van der Waals surface area contributed by atoms with Crippen molar-refractivity contribution < 1.29 is 19.2 Å². The van der Waals surface area contributed by atoms with Gasteiger partial charge in [0.25, 0.3) is 0 Å². The van der Waals surface area contributed by atoms with Gasteiger partial charge in [0, 0.05) is 32.6 Å². The van der Waals surface area contributed by atoms with Crippen LogP contribution in [0.4, 0.5) is 0 Å². The average molecular weight is 616 g/mol. The van der Waals surface area contributed by atoms with E-state index in [9.17, 15) is 19.2 Å². The largest absolute Gasteiger partial charge is 0.384 e. The molecule has 3 atom stereocenters. The van der Waals surface area contributed by atoms with Crippen molar-refractivity contribution in [3.05, 3.63) is 83.4 Å². The summed E-state index contributed by atoms with van der Waals surface area (Å²) in [5.41, 5.74) is 18.4. The van der Waals surface area contributed by atoms with Crippen molar-refractivity contribution >= 4 is 46.2 Å². The van der Waals surface area contributed by atoms with Crippen LogP contribution in [0.25, 0.3) is 10.8 Å². The van der Waals surface area contributed by atoms with E-state index in [1.807, 2.05) is 42.5 Å². The number of carbonyl (C=O) groups excluding carboxylic acids is 4. The van der Waals surface area contributed by atoms with E-state index in [4.69, 9.17) is 28.0 Å². The first kappa shape index (κ1) is 34.0. The lowest BCUT2D eigenvalue weighted by molar-refractivity contribution is -0.142. The molecule has 3 rings (SSSR count). The summed E-state index contributed by atoms with van der Waals surface area (Å²) in [6.45, 7) is 0.300. The number of primary amides is 1. The Hall–Kier alpha value is -5.46. The van der Waals surface area contributed by atoms with Crippen LogP contribution in [0.3, 0.4) is 0 Å². The number of fused-ring (bicyclic) bond motifs is 1. The lowest BCUT2D eigenvalue weighted by atomic mass is 9.95. The summed E-state index contributed by atoms with van der Waals surface area (Å²) in [6.07, 6.45) is 0.682. The van der Waals surface area contributed by atoms with Crippen LogP contribution in [0.2, 0.25) is 0 Å². The second-order valence-electron chi connectivity index (χ2n) is 11.0. The van der Waals surface area contributed by atoms with E-state index in [2.05, 4.69) is 16.0 Å². The van der Waals surface area contributed by atoms with Crippen LogP contribution in [0, 0.1) is 16.7 Å². The Bertz CT molecular complexity index is 1560. The number of amidine groups is 1. The fourth-order valence-corrected chi connectivity index (χ4v) is 4.83. The number of nitrogens with two attached hydrogens (primary N) is 3. The minimum atomic E-state index is -1.17. The number of carbonyl (C=O) groups is 4. The maximum atomic E-state index is 13.8. The van der Waals surface area contributed by atoms with E-state index in [1.165, 1.54) is 4.90 Å². The monoisotopic (exact) mass is 615 g/mol. The molecule has 11 N–H and O–H groups in total. The molecule has 13 nitrogen and oxygen atoms in total. The van der Waals surface area contributed by atoms with Gasteiger partial charge in [-0.3, -0.25) is 30.0 Å². The normalized spacial score (nSPS) is 12.8. The highest BCUT2D eigenvalue weighted by molar-refractivity contribution is 6.02. The lowest BCUT2D eigenvalue weighted by Gasteiger charge is -2.25. The predicted octanol–water partition coefficient (Wildman–Crippen LogP) is 0.332. The number of benzene rings is 3. The molecule has 4 amide bonds. The molecule has 3 aromatic rings. The van der Waals surface area contributed by atoms with Crippen LogP contribution in [-0.4, -0.2) is 73.0 Å². The number of nitrogens with zero attached hydrogens (tertiary/aromatic N) is 1. The molecule has 3 aromatic carbocycles. The quantitative estimate of drug-likeness (QED) is 0.0516. The van der Waals surface area contributed by atoms with Crippen molar-refractivity contribution in [2.45, 2.75) is 37.8 Å². The third-order valence-corrected chi connectivity index (χ3v) is 7.29. The molecule has 0 radical (unpaired) electrons. The van der Waals surface area contributed by atoms with Gasteiger partial charge in [-0.15, -0.1) is 0 Å². The Labute approximate surface area is 261 Å². The minimum absolute atomic E-state index is 0.0401. The van der Waals surface area contributed by atoms with Crippen LogP contribution in [0.5, 0.6) is 0 Å². The highest BCUT2D eigenvalue weighted by Gasteiger charge is 2.33. The topological polar surface area (TPSA) is 233 Å². The molecule has 45 heavy (non-hydrogen) atoms. The Morgan fingerprint density at radius 3 is 2.00 bits per heavy atom. The van der Waals surface area contributed by atoms with E-state index in [0.717, 1.165) is 16.3 Å². The Balaban J connectivity index is 1.88. The highest BCUT2D eigenvalue weighted by Crippen LogP contribution is 2.18. The minimum Gasteiger partial charge on any atom is -0.384 e. The zero-order valence-electron chi connectivity index (χ0n) is 25.4. The molecule has 0 fully saturated rings. The summed E-state index contributed by atoms with van der Waals surface area (Å²) < 4.78 is 0. The molecule has 0 spiro atoms. The summed E-state index contributed by atoms with van der Waals surface area (Å²) in [7, 11) is 3.08. The van der Waals surface area contributed by atoms with E-state index in [1.54, 1.807) is 38.4 Å². The second kappa shape index (κ2) is 15.8. The summed E-state index contributed by atoms with van der Waals surface area (Å²) in [4.78, 5) is 54.1. The summed E-state index contributed by atoms with van der Waals surface area (Å²) in [5, 5.41) is 24.9. The van der Waals surface area contributed by atoms with Crippen LogP contribution in [0.1, 0.15) is 29.5 Å². The third-order valence-electron chi connectivity index (χ3n) is 7.29. The summed E-state index contributed by atoms with van der Waals surface area (Å²) in [5.74, 6) is -4.00. The first-order chi connectivity index (χ1) is 21.3. The molecule has 0 bridgehead atoms. The number of guanidine groups is 1. The molecule has 0 aliphatic carbocycles. The van der Waals surface area contributed by atoms with Gasteiger partial charge in [0.1, 0.15) is 23.8 Å². The van der Waals surface area contributed by atoms with Crippen LogP contribution >= 0.6 is 0 Å². The van der Waals surface area contributed by atoms with E-state index in [0.29, 0.717) is 24.1 Å². The Morgan fingerprint density at radius 1 is 0.778 bits per heavy atom. The van der Waals surface area contributed by atoms with Crippen molar-refractivity contribution in [1.29, 1.82) is 10.8 Å². The van der Waals surface area contributed by atoms with Crippen molar-refractivity contribution in [2.24, 2.45) is 23.1 Å². The van der Waals surface area contributed by atoms with Gasteiger partial charge >= 0.3 is 0 Å². The standard InChI is InChI=1S/C32H41N9O4/c1-41(2)31(45)24(17-19-9-13-22(14-10-19)27(33)34)29(43)40-26(18-20-11-12-21-6-3-4-7-23(21)16-20)30(44)39-25(28(35)42)8-5-15-38-32(36)37/h3-4,6-7,9-14,16,24-26H,5,8,15,17-18H2,1-2H3,(H3,33,34)(H2,35,42)(H,39,44)(H,40,43)(H4,36,37,38)/t24?,25-,26-/m0/s1. The zero-order chi connectivity index (χ0) is 33.1. The van der Waals surface area contributed by atoms with Gasteiger partial charge in [-0.05, 0) is 41.2 Å². The van der Waals surface area contributed by atoms with Crippen molar-refractivity contribution in [3.63, 3.8) is 0 Å². The van der Waals surface area contributed by atoms with Crippen LogP contribution in [-0.2, 0) is 32.0 Å². The van der Waals surface area contributed by atoms with Crippen LogP contribution in [0.15, 0.2) is 66.7 Å². The average Bonchev–Trinajstić information content (AvgIpc) is 3.00. The lowest BCUT2D eigenvalue weighted by Crippen LogP contribution is -2.55. The van der Waals surface area contributed by atoms with Crippen LogP contribution < -0.4 is 33.2 Å². The number of hydrogen-bond acceptors (Lipinski definition) is 6. The first-order valence-electron chi connectivity index (χ1n) is 14.5. The molecule has 1 unspecified atom stereocenters. The van der Waals surface area contributed by atoms with Crippen molar-refractivity contribution in [3.8, 4) is 0 Å². The maximum Gasteiger partial charge on any atom is 0.243 e. The molecule has 0 saturated carbocycles. The molecule has 0 aliphatic rings. The molecular formula is C32H41N9O4. The van der Waals surface area contributed by atoms with E-state index >= 15 is 0 Å². The Kier molecular flexibility index (Phi) is 12.0. The number of nitrogen functional groups attached to an aromatic ring is 1. The predicted molar refractivity (Wildman–Crippen MR) is 173 cm³/mol. The smallest absolute Gasteiger partial charge is 0.243 e. The van der Waals surface area contributed by atoms with Crippen molar-refractivity contribution in [1.82, 2.24) is 20.9 Å². The highest BCUT2D eigenvalue weighted by atomic mass is 16.2. The van der Waals surface area contributed by atoms with Gasteiger partial charge in [0.15, 0.2) is 5.96 Å². The molecule has 13 heteroatoms. The molecule has 0 aliphatic heterocycles. The van der Waals surface area contributed by atoms with Gasteiger partial charge in [-0.1, -0.05) is 66.7 Å². The fraction of sp³-hybridized carbons (Fsp3) is 0.312. The van der Waals surface area contributed by atoms with E-state index < -0.39 is 41.6 Å².